The van der Waals surface area contributed by atoms with E-state index in [1.165, 1.54) is 55.8 Å². The summed E-state index contributed by atoms with van der Waals surface area (Å²) in [4.78, 5) is 3.74. The van der Waals surface area contributed by atoms with E-state index in [2.05, 4.69) is 10.3 Å². The largest absolute Gasteiger partial charge is 0.316 e. The van der Waals surface area contributed by atoms with Gasteiger partial charge in [-0.1, -0.05) is 12.1 Å². The second-order valence-electron chi connectivity index (χ2n) is 4.96. The van der Waals surface area contributed by atoms with Gasteiger partial charge in [0.2, 0.25) is 0 Å². The third kappa shape index (κ3) is 2.95. The molecule has 124 valence electrons. The van der Waals surface area contributed by atoms with Gasteiger partial charge in [0.05, 0.1) is 5.69 Å². The molecule has 2 aromatic heterocycles. The zero-order chi connectivity index (χ0) is 18.9. The van der Waals surface area contributed by atoms with Crippen LogP contribution in [0.5, 0.6) is 0 Å². The Morgan fingerprint density at radius 2 is 2.08 bits per heavy atom. The molecule has 1 aromatic carbocycles. The van der Waals surface area contributed by atoms with Gasteiger partial charge in [0.1, 0.15) is 10.7 Å². The maximum absolute atomic E-state index is 14.3. The Kier molecular flexibility index (Phi) is 3.79. The lowest BCUT2D eigenvalue weighted by Gasteiger charge is -2.10. The highest BCUT2D eigenvalue weighted by Gasteiger charge is 2.23. The number of nitrogens with zero attached hydrogens (tertiary/aromatic N) is 2. The first-order valence-electron chi connectivity index (χ1n) is 8.09. The van der Waals surface area contributed by atoms with E-state index in [9.17, 15) is 12.8 Å². The van der Waals surface area contributed by atoms with Crippen LogP contribution in [-0.2, 0) is 16.5 Å². The molecule has 0 aliphatic rings. The third-order valence-electron chi connectivity index (χ3n) is 3.40. The van der Waals surface area contributed by atoms with Crippen LogP contribution in [0.3, 0.4) is 0 Å². The molecule has 0 saturated heterocycles. The van der Waals surface area contributed by atoms with Crippen molar-refractivity contribution in [3.05, 3.63) is 72.4 Å². The Bertz CT molecular complexity index is 1040. The SMILES string of the molecule is [2H]C([2H])(NC)c1cc(-c2ccccc2F)n(S(=O)(=O)c2cccnc2)c1. The van der Waals surface area contributed by atoms with Crippen molar-refractivity contribution in [1.82, 2.24) is 14.3 Å². The summed E-state index contributed by atoms with van der Waals surface area (Å²) in [6.45, 7) is -1.99. The summed E-state index contributed by atoms with van der Waals surface area (Å²) < 4.78 is 57.2. The van der Waals surface area contributed by atoms with Crippen LogP contribution in [0, 0.1) is 5.82 Å². The van der Waals surface area contributed by atoms with E-state index >= 15 is 0 Å². The second kappa shape index (κ2) is 6.54. The fourth-order valence-electron chi connectivity index (χ4n) is 2.33. The monoisotopic (exact) mass is 347 g/mol. The van der Waals surface area contributed by atoms with Crippen LogP contribution in [0.2, 0.25) is 0 Å². The molecule has 0 spiro atoms. The Balaban J connectivity index is 2.29. The zero-order valence-corrected chi connectivity index (χ0v) is 13.6. The summed E-state index contributed by atoms with van der Waals surface area (Å²) >= 11 is 0. The molecule has 0 aliphatic heterocycles. The lowest BCUT2D eigenvalue weighted by atomic mass is 10.1. The fourth-order valence-corrected chi connectivity index (χ4v) is 3.67. The van der Waals surface area contributed by atoms with E-state index < -0.39 is 22.3 Å². The summed E-state index contributed by atoms with van der Waals surface area (Å²) in [6.07, 6.45) is 3.78. The van der Waals surface area contributed by atoms with Gasteiger partial charge in [-0.2, -0.15) is 0 Å². The highest BCUT2D eigenvalue weighted by atomic mass is 32.2. The first kappa shape index (κ1) is 13.9. The van der Waals surface area contributed by atoms with E-state index in [-0.39, 0.29) is 21.7 Å². The molecular formula is C17H16FN3O2S. The first-order valence-corrected chi connectivity index (χ1v) is 8.53. The minimum atomic E-state index is -4.09. The highest BCUT2D eigenvalue weighted by molar-refractivity contribution is 7.90. The lowest BCUT2D eigenvalue weighted by Crippen LogP contribution is -2.14. The van der Waals surface area contributed by atoms with Crippen LogP contribution in [0.15, 0.2) is 66.0 Å². The summed E-state index contributed by atoms with van der Waals surface area (Å²) in [5.41, 5.74) is 0.143. The molecule has 0 bridgehead atoms. The predicted molar refractivity (Wildman–Crippen MR) is 89.4 cm³/mol. The fraction of sp³-hybridized carbons (Fsp3) is 0.118. The number of hydrogen-bond donors (Lipinski definition) is 1. The van der Waals surface area contributed by atoms with Crippen molar-refractivity contribution in [2.75, 3.05) is 7.05 Å². The van der Waals surface area contributed by atoms with Gasteiger partial charge in [-0.05, 0) is 42.9 Å². The smallest absolute Gasteiger partial charge is 0.269 e. The molecule has 0 unspecified atom stereocenters. The average Bonchev–Trinajstić information content (AvgIpc) is 3.10. The molecule has 0 aliphatic carbocycles. The maximum atomic E-state index is 14.3. The van der Waals surface area contributed by atoms with Gasteiger partial charge in [0, 0.05) is 33.4 Å². The van der Waals surface area contributed by atoms with Gasteiger partial charge >= 0.3 is 0 Å². The maximum Gasteiger partial charge on any atom is 0.269 e. The minimum Gasteiger partial charge on any atom is -0.316 e. The summed E-state index contributed by atoms with van der Waals surface area (Å²) in [5, 5.41) is 2.47. The van der Waals surface area contributed by atoms with Gasteiger partial charge in [-0.25, -0.2) is 16.8 Å². The lowest BCUT2D eigenvalue weighted by molar-refractivity contribution is 0.587. The van der Waals surface area contributed by atoms with Crippen molar-refractivity contribution in [3.8, 4) is 11.3 Å². The number of hydrogen-bond acceptors (Lipinski definition) is 4. The normalized spacial score (nSPS) is 13.4. The number of benzene rings is 1. The van der Waals surface area contributed by atoms with Crippen molar-refractivity contribution >= 4 is 10.0 Å². The van der Waals surface area contributed by atoms with E-state index in [0.717, 1.165) is 10.2 Å². The molecule has 5 nitrogen and oxygen atoms in total. The number of halogens is 1. The van der Waals surface area contributed by atoms with Crippen LogP contribution in [0.25, 0.3) is 11.3 Å². The summed E-state index contributed by atoms with van der Waals surface area (Å²) in [5.74, 6) is -0.607. The van der Waals surface area contributed by atoms with Crippen LogP contribution < -0.4 is 5.32 Å². The van der Waals surface area contributed by atoms with E-state index in [1.54, 1.807) is 6.07 Å². The second-order valence-corrected chi connectivity index (χ2v) is 6.77. The predicted octanol–water partition coefficient (Wildman–Crippen LogP) is 2.65. The quantitative estimate of drug-likeness (QED) is 0.771. The molecule has 0 atom stereocenters. The van der Waals surface area contributed by atoms with Gasteiger partial charge < -0.3 is 5.32 Å². The standard InChI is InChI=1S/C17H16FN3O2S/c1-19-10-13-9-17(15-6-2-3-7-16(15)18)21(12-13)24(22,23)14-5-4-8-20-11-14/h2-9,11-12,19H,10H2,1H3/i10D2. The van der Waals surface area contributed by atoms with Crippen LogP contribution >= 0.6 is 0 Å². The van der Waals surface area contributed by atoms with Gasteiger partial charge in [0.15, 0.2) is 0 Å². The van der Waals surface area contributed by atoms with E-state index in [0.29, 0.717) is 0 Å². The van der Waals surface area contributed by atoms with Gasteiger partial charge in [-0.15, -0.1) is 0 Å². The average molecular weight is 347 g/mol. The molecule has 0 fully saturated rings. The number of nitrogens with one attached hydrogen (secondary N) is 1. The molecule has 24 heavy (non-hydrogen) atoms. The molecule has 1 N–H and O–H groups in total. The molecule has 2 heterocycles. The first-order chi connectivity index (χ1) is 12.3. The topological polar surface area (TPSA) is 64.0 Å². The molecule has 0 amide bonds. The number of rotatable bonds is 5. The van der Waals surface area contributed by atoms with E-state index in [1.807, 2.05) is 0 Å². The van der Waals surface area contributed by atoms with E-state index in [4.69, 9.17) is 2.74 Å². The minimum absolute atomic E-state index is 0.0288. The summed E-state index contributed by atoms with van der Waals surface area (Å²) in [6, 6.07) is 9.92. The van der Waals surface area contributed by atoms with Crippen LogP contribution in [0.1, 0.15) is 8.30 Å². The Morgan fingerprint density at radius 1 is 1.29 bits per heavy atom. The van der Waals surface area contributed by atoms with Crippen molar-refractivity contribution in [3.63, 3.8) is 0 Å². The van der Waals surface area contributed by atoms with Crippen molar-refractivity contribution in [2.24, 2.45) is 0 Å². The molecule has 3 aromatic rings. The molecular weight excluding hydrogens is 329 g/mol. The number of aromatic nitrogens is 2. The zero-order valence-electron chi connectivity index (χ0n) is 14.8. The molecule has 0 saturated carbocycles. The van der Waals surface area contributed by atoms with Crippen molar-refractivity contribution < 1.29 is 15.5 Å². The van der Waals surface area contributed by atoms with Gasteiger partial charge in [-0.3, -0.25) is 4.98 Å². The Morgan fingerprint density at radius 3 is 2.75 bits per heavy atom. The van der Waals surface area contributed by atoms with Gasteiger partial charge in [0.25, 0.3) is 10.0 Å². The van der Waals surface area contributed by atoms with Crippen LogP contribution in [0.4, 0.5) is 4.39 Å². The highest BCUT2D eigenvalue weighted by Crippen LogP contribution is 2.28. The molecule has 0 radical (unpaired) electrons. The Hall–Kier alpha value is -2.51. The number of pyridine rings is 1. The summed E-state index contributed by atoms with van der Waals surface area (Å²) in [7, 11) is -2.68. The Labute approximate surface area is 142 Å². The van der Waals surface area contributed by atoms with Crippen molar-refractivity contribution in [1.29, 1.82) is 0 Å². The van der Waals surface area contributed by atoms with Crippen molar-refractivity contribution in [2.45, 2.75) is 11.4 Å². The third-order valence-corrected chi connectivity index (χ3v) is 5.05. The van der Waals surface area contributed by atoms with Crippen LogP contribution in [-0.4, -0.2) is 24.4 Å². The molecule has 3 rings (SSSR count). The molecule has 7 heteroatoms.